The molecule has 0 bridgehead atoms. The summed E-state index contributed by atoms with van der Waals surface area (Å²) in [5.41, 5.74) is 5.73. The highest BCUT2D eigenvalue weighted by Gasteiger charge is 2.13. The van der Waals surface area contributed by atoms with Gasteiger partial charge < -0.3 is 16.2 Å². The summed E-state index contributed by atoms with van der Waals surface area (Å²) >= 11 is 5.81. The molecule has 0 aliphatic carbocycles. The molecule has 0 fully saturated rings. The monoisotopic (exact) mass is 280 g/mol. The quantitative estimate of drug-likeness (QED) is 0.752. The Morgan fingerprint density at radius 1 is 1.32 bits per heavy atom. The second-order valence-electron chi connectivity index (χ2n) is 3.86. The van der Waals surface area contributed by atoms with E-state index < -0.39 is 11.8 Å². The van der Waals surface area contributed by atoms with Crippen LogP contribution in [0.1, 0.15) is 10.4 Å². The SMILES string of the molecule is Nc1cc(F)c(Nc2cccc(Cl)c2)cc1C(=O)O. The van der Waals surface area contributed by atoms with Gasteiger partial charge in [-0.15, -0.1) is 0 Å². The van der Waals surface area contributed by atoms with Crippen molar-refractivity contribution in [2.24, 2.45) is 0 Å². The fraction of sp³-hybridized carbons (Fsp3) is 0. The molecule has 0 spiro atoms. The Morgan fingerprint density at radius 2 is 2.05 bits per heavy atom. The van der Waals surface area contributed by atoms with Crippen LogP contribution in [0.25, 0.3) is 0 Å². The first-order valence-corrected chi connectivity index (χ1v) is 5.70. The van der Waals surface area contributed by atoms with Gasteiger partial charge >= 0.3 is 5.97 Å². The van der Waals surface area contributed by atoms with Gasteiger partial charge in [0.15, 0.2) is 0 Å². The number of halogens is 2. The van der Waals surface area contributed by atoms with Crippen molar-refractivity contribution in [3.05, 3.63) is 52.8 Å². The molecule has 0 heterocycles. The second kappa shape index (κ2) is 5.16. The minimum atomic E-state index is -1.22. The second-order valence-corrected chi connectivity index (χ2v) is 4.30. The predicted molar refractivity (Wildman–Crippen MR) is 72.5 cm³/mol. The van der Waals surface area contributed by atoms with E-state index in [4.69, 9.17) is 22.4 Å². The topological polar surface area (TPSA) is 75.3 Å². The molecule has 4 N–H and O–H groups in total. The third kappa shape index (κ3) is 2.95. The lowest BCUT2D eigenvalue weighted by atomic mass is 10.1. The lowest BCUT2D eigenvalue weighted by molar-refractivity contribution is 0.0698. The zero-order chi connectivity index (χ0) is 14.0. The molecule has 4 nitrogen and oxygen atoms in total. The molecule has 0 amide bonds. The number of nitrogen functional groups attached to an aromatic ring is 1. The van der Waals surface area contributed by atoms with Crippen LogP contribution >= 0.6 is 11.6 Å². The largest absolute Gasteiger partial charge is 0.478 e. The van der Waals surface area contributed by atoms with Crippen molar-refractivity contribution in [1.29, 1.82) is 0 Å². The van der Waals surface area contributed by atoms with E-state index in [0.717, 1.165) is 12.1 Å². The smallest absolute Gasteiger partial charge is 0.337 e. The highest BCUT2D eigenvalue weighted by molar-refractivity contribution is 6.30. The molecule has 0 unspecified atom stereocenters. The molecule has 0 aliphatic heterocycles. The summed E-state index contributed by atoms with van der Waals surface area (Å²) in [6.45, 7) is 0. The number of hydrogen-bond acceptors (Lipinski definition) is 3. The Bertz CT molecular complexity index is 647. The summed E-state index contributed by atoms with van der Waals surface area (Å²) in [4.78, 5) is 10.9. The predicted octanol–water partition coefficient (Wildman–Crippen LogP) is 3.50. The number of rotatable bonds is 3. The zero-order valence-corrected chi connectivity index (χ0v) is 10.4. The molecule has 0 radical (unpaired) electrons. The Morgan fingerprint density at radius 3 is 2.68 bits per heavy atom. The maximum atomic E-state index is 13.7. The zero-order valence-electron chi connectivity index (χ0n) is 9.65. The number of carboxylic acids is 1. The Kier molecular flexibility index (Phi) is 3.57. The average molecular weight is 281 g/mol. The number of benzene rings is 2. The lowest BCUT2D eigenvalue weighted by Crippen LogP contribution is -2.05. The highest BCUT2D eigenvalue weighted by atomic mass is 35.5. The number of hydrogen-bond donors (Lipinski definition) is 3. The van der Waals surface area contributed by atoms with Crippen molar-refractivity contribution in [3.8, 4) is 0 Å². The van der Waals surface area contributed by atoms with Gasteiger partial charge in [0.1, 0.15) is 5.82 Å². The van der Waals surface area contributed by atoms with Crippen LogP contribution in [0.2, 0.25) is 5.02 Å². The number of nitrogens with two attached hydrogens (primary N) is 1. The molecule has 0 saturated heterocycles. The van der Waals surface area contributed by atoms with E-state index in [0.29, 0.717) is 10.7 Å². The summed E-state index contributed by atoms with van der Waals surface area (Å²) in [5.74, 6) is -1.85. The van der Waals surface area contributed by atoms with Gasteiger partial charge in [0, 0.05) is 16.4 Å². The van der Waals surface area contributed by atoms with Crippen LogP contribution in [0.3, 0.4) is 0 Å². The highest BCUT2D eigenvalue weighted by Crippen LogP contribution is 2.26. The van der Waals surface area contributed by atoms with Crippen LogP contribution in [0, 0.1) is 5.82 Å². The number of aromatic carboxylic acids is 1. The molecule has 0 aromatic heterocycles. The molecule has 0 aliphatic rings. The lowest BCUT2D eigenvalue weighted by Gasteiger charge is -2.10. The first-order chi connectivity index (χ1) is 8.97. The van der Waals surface area contributed by atoms with E-state index in [-0.39, 0.29) is 16.9 Å². The molecule has 2 rings (SSSR count). The van der Waals surface area contributed by atoms with Gasteiger partial charge in [-0.25, -0.2) is 9.18 Å². The summed E-state index contributed by atoms with van der Waals surface area (Å²) in [6, 6.07) is 8.76. The average Bonchev–Trinajstić information content (AvgIpc) is 2.32. The van der Waals surface area contributed by atoms with E-state index in [1.165, 1.54) is 0 Å². The van der Waals surface area contributed by atoms with Gasteiger partial charge in [-0.3, -0.25) is 0 Å². The maximum Gasteiger partial charge on any atom is 0.337 e. The first-order valence-electron chi connectivity index (χ1n) is 5.32. The van der Waals surface area contributed by atoms with Crippen molar-refractivity contribution < 1.29 is 14.3 Å². The van der Waals surface area contributed by atoms with Gasteiger partial charge in [-0.05, 0) is 30.3 Å². The Balaban J connectivity index is 2.40. The van der Waals surface area contributed by atoms with Crippen LogP contribution in [0.5, 0.6) is 0 Å². The van der Waals surface area contributed by atoms with Gasteiger partial charge in [-0.1, -0.05) is 17.7 Å². The van der Waals surface area contributed by atoms with Crippen LogP contribution < -0.4 is 11.1 Å². The first kappa shape index (κ1) is 13.2. The van der Waals surface area contributed by atoms with Gasteiger partial charge in [0.25, 0.3) is 0 Å². The van der Waals surface area contributed by atoms with Gasteiger partial charge in [0.2, 0.25) is 0 Å². The summed E-state index contributed by atoms with van der Waals surface area (Å²) in [5, 5.41) is 12.2. The van der Waals surface area contributed by atoms with Crippen LogP contribution in [-0.2, 0) is 0 Å². The minimum Gasteiger partial charge on any atom is -0.478 e. The number of anilines is 3. The molecule has 2 aromatic carbocycles. The molecule has 6 heteroatoms. The number of nitrogens with one attached hydrogen (secondary N) is 1. The molecule has 2 aromatic rings. The van der Waals surface area contributed by atoms with E-state index in [1.54, 1.807) is 24.3 Å². The normalized spacial score (nSPS) is 10.2. The van der Waals surface area contributed by atoms with Crippen LogP contribution in [0.15, 0.2) is 36.4 Å². The molecular formula is C13H10ClFN2O2. The summed E-state index contributed by atoms with van der Waals surface area (Å²) in [7, 11) is 0. The molecular weight excluding hydrogens is 271 g/mol. The summed E-state index contributed by atoms with van der Waals surface area (Å²) < 4.78 is 13.7. The molecule has 0 saturated carbocycles. The maximum absolute atomic E-state index is 13.7. The number of carbonyl (C=O) groups is 1. The van der Waals surface area contributed by atoms with Gasteiger partial charge in [0.05, 0.1) is 11.3 Å². The van der Waals surface area contributed by atoms with Crippen molar-refractivity contribution in [3.63, 3.8) is 0 Å². The molecule has 19 heavy (non-hydrogen) atoms. The Labute approximate surface area is 113 Å². The van der Waals surface area contributed by atoms with Gasteiger partial charge in [-0.2, -0.15) is 0 Å². The fourth-order valence-corrected chi connectivity index (χ4v) is 1.78. The standard InChI is InChI=1S/C13H10ClFN2O2/c14-7-2-1-3-8(4-7)17-12-5-9(13(18)19)11(16)6-10(12)15/h1-6,17H,16H2,(H,18,19). The van der Waals surface area contributed by atoms with E-state index in [1.807, 2.05) is 0 Å². The minimum absolute atomic E-state index is 0.0221. The van der Waals surface area contributed by atoms with E-state index >= 15 is 0 Å². The van der Waals surface area contributed by atoms with Crippen molar-refractivity contribution >= 4 is 34.6 Å². The molecule has 98 valence electrons. The van der Waals surface area contributed by atoms with Crippen LogP contribution in [0.4, 0.5) is 21.5 Å². The third-order valence-electron chi connectivity index (χ3n) is 2.47. The van der Waals surface area contributed by atoms with Crippen molar-refractivity contribution in [2.45, 2.75) is 0 Å². The number of carboxylic acid groups (broad SMARTS) is 1. The third-order valence-corrected chi connectivity index (χ3v) is 2.71. The van der Waals surface area contributed by atoms with E-state index in [9.17, 15) is 9.18 Å². The fourth-order valence-electron chi connectivity index (χ4n) is 1.59. The molecule has 0 atom stereocenters. The van der Waals surface area contributed by atoms with Crippen molar-refractivity contribution in [1.82, 2.24) is 0 Å². The van der Waals surface area contributed by atoms with Crippen molar-refractivity contribution in [2.75, 3.05) is 11.1 Å². The Hall–Kier alpha value is -2.27. The van der Waals surface area contributed by atoms with Crippen LogP contribution in [-0.4, -0.2) is 11.1 Å². The summed E-state index contributed by atoms with van der Waals surface area (Å²) in [6.07, 6.45) is 0. The van der Waals surface area contributed by atoms with E-state index in [2.05, 4.69) is 5.32 Å².